The molecule has 0 bridgehead atoms. The summed E-state index contributed by atoms with van der Waals surface area (Å²) in [5.41, 5.74) is 3.96. The fourth-order valence-electron chi connectivity index (χ4n) is 2.09. The Kier molecular flexibility index (Phi) is 2.12. The zero-order valence-corrected chi connectivity index (χ0v) is 8.25. The van der Waals surface area contributed by atoms with Gasteiger partial charge in [0.15, 0.2) is 0 Å². The van der Waals surface area contributed by atoms with E-state index < -0.39 is 0 Å². The lowest BCUT2D eigenvalue weighted by Crippen LogP contribution is -2.29. The molecule has 70 valence electrons. The van der Waals surface area contributed by atoms with Gasteiger partial charge < -0.3 is 5.11 Å². The lowest BCUT2D eigenvalue weighted by atomic mass is 9.75. The summed E-state index contributed by atoms with van der Waals surface area (Å²) in [4.78, 5) is 0. The molecule has 2 atom stereocenters. The van der Waals surface area contributed by atoms with Gasteiger partial charge in [-0.15, -0.1) is 0 Å². The first-order valence-corrected chi connectivity index (χ1v) is 4.93. The molecule has 0 aromatic heterocycles. The Morgan fingerprint density at radius 2 is 2.00 bits per heavy atom. The van der Waals surface area contributed by atoms with Crippen LogP contribution in [0.25, 0.3) is 0 Å². The summed E-state index contributed by atoms with van der Waals surface area (Å²) in [6.45, 7) is 4.24. The average molecular weight is 176 g/mol. The second-order valence-electron chi connectivity index (χ2n) is 4.11. The van der Waals surface area contributed by atoms with Crippen LogP contribution in [0, 0.1) is 13.8 Å². The van der Waals surface area contributed by atoms with E-state index in [-0.39, 0.29) is 6.10 Å². The van der Waals surface area contributed by atoms with Gasteiger partial charge in [0.05, 0.1) is 6.10 Å². The predicted molar refractivity (Wildman–Crippen MR) is 53.9 cm³/mol. The summed E-state index contributed by atoms with van der Waals surface area (Å²) in [7, 11) is 0. The second kappa shape index (κ2) is 3.15. The van der Waals surface area contributed by atoms with E-state index in [1.807, 2.05) is 0 Å². The maximum atomic E-state index is 9.55. The lowest BCUT2D eigenvalue weighted by Gasteiger charge is -2.33. The quantitative estimate of drug-likeness (QED) is 0.697. The van der Waals surface area contributed by atoms with Crippen LogP contribution in [0.5, 0.6) is 0 Å². The third kappa shape index (κ3) is 1.49. The van der Waals surface area contributed by atoms with Gasteiger partial charge in [0.1, 0.15) is 0 Å². The van der Waals surface area contributed by atoms with E-state index in [0.717, 1.165) is 12.8 Å². The molecule has 1 fully saturated rings. The molecule has 0 radical (unpaired) electrons. The molecule has 1 N–H and O–H groups in total. The molecule has 1 aliphatic carbocycles. The first-order valence-electron chi connectivity index (χ1n) is 4.93. The van der Waals surface area contributed by atoms with Crippen LogP contribution < -0.4 is 0 Å². The molecule has 1 nitrogen and oxygen atoms in total. The highest BCUT2D eigenvalue weighted by Gasteiger charge is 2.30. The fourth-order valence-corrected chi connectivity index (χ4v) is 2.09. The van der Waals surface area contributed by atoms with Crippen LogP contribution in [0.1, 0.15) is 35.4 Å². The molecule has 0 saturated heterocycles. The molecule has 0 heterocycles. The van der Waals surface area contributed by atoms with E-state index in [1.165, 1.54) is 16.7 Å². The van der Waals surface area contributed by atoms with Gasteiger partial charge in [-0.3, -0.25) is 0 Å². The Morgan fingerprint density at radius 1 is 1.23 bits per heavy atom. The van der Waals surface area contributed by atoms with Gasteiger partial charge in [-0.1, -0.05) is 23.8 Å². The van der Waals surface area contributed by atoms with Gasteiger partial charge in [0.2, 0.25) is 0 Å². The van der Waals surface area contributed by atoms with Crippen molar-refractivity contribution in [2.45, 2.75) is 38.7 Å². The van der Waals surface area contributed by atoms with Crippen LogP contribution in [0.3, 0.4) is 0 Å². The van der Waals surface area contributed by atoms with Crippen molar-refractivity contribution in [3.63, 3.8) is 0 Å². The largest absolute Gasteiger partial charge is 0.392 e. The minimum absolute atomic E-state index is 0.0959. The normalized spacial score (nSPS) is 27.0. The minimum Gasteiger partial charge on any atom is -0.392 e. The van der Waals surface area contributed by atoms with Crippen molar-refractivity contribution >= 4 is 0 Å². The molecule has 0 aliphatic heterocycles. The molecule has 1 heteroatoms. The van der Waals surface area contributed by atoms with Crippen LogP contribution in [-0.2, 0) is 0 Å². The molecule has 2 unspecified atom stereocenters. The topological polar surface area (TPSA) is 20.2 Å². The Morgan fingerprint density at radius 3 is 2.46 bits per heavy atom. The molecule has 0 amide bonds. The van der Waals surface area contributed by atoms with Crippen molar-refractivity contribution in [2.75, 3.05) is 0 Å². The van der Waals surface area contributed by atoms with Crippen molar-refractivity contribution < 1.29 is 5.11 Å². The Bertz CT molecular complexity index is 317. The monoisotopic (exact) mass is 176 g/mol. The summed E-state index contributed by atoms with van der Waals surface area (Å²) >= 11 is 0. The van der Waals surface area contributed by atoms with E-state index in [9.17, 15) is 5.11 Å². The maximum absolute atomic E-state index is 9.55. The summed E-state index contributed by atoms with van der Waals surface area (Å²) in [5, 5.41) is 9.55. The van der Waals surface area contributed by atoms with Crippen LogP contribution >= 0.6 is 0 Å². The molecule has 1 saturated carbocycles. The van der Waals surface area contributed by atoms with Crippen LogP contribution in [-0.4, -0.2) is 11.2 Å². The number of aryl methyl sites for hydroxylation is 2. The molecule has 1 aliphatic rings. The van der Waals surface area contributed by atoms with Gasteiger partial charge in [0, 0.05) is 5.92 Å². The minimum atomic E-state index is -0.0959. The Balaban J connectivity index is 2.30. The highest BCUT2D eigenvalue weighted by molar-refractivity contribution is 5.34. The van der Waals surface area contributed by atoms with Gasteiger partial charge in [-0.25, -0.2) is 0 Å². The molecule has 2 rings (SSSR count). The third-order valence-electron chi connectivity index (χ3n) is 3.06. The molecule has 0 spiro atoms. The summed E-state index contributed by atoms with van der Waals surface area (Å²) < 4.78 is 0. The second-order valence-corrected chi connectivity index (χ2v) is 4.11. The van der Waals surface area contributed by atoms with Gasteiger partial charge in [-0.05, 0) is 37.8 Å². The number of hydrogen-bond acceptors (Lipinski definition) is 1. The number of hydrogen-bond donors (Lipinski definition) is 1. The van der Waals surface area contributed by atoms with Crippen molar-refractivity contribution in [1.82, 2.24) is 0 Å². The standard InChI is InChI=1S/C12H16O/c1-8-3-4-10(9(2)7-8)11-5-6-12(11)13/h3-4,7,11-13H,5-6H2,1-2H3. The maximum Gasteiger partial charge on any atom is 0.0609 e. The molecule has 1 aromatic rings. The molecular formula is C12H16O. The smallest absolute Gasteiger partial charge is 0.0609 e. The van der Waals surface area contributed by atoms with Crippen LogP contribution in [0.4, 0.5) is 0 Å². The highest BCUT2D eigenvalue weighted by Crippen LogP contribution is 2.38. The zero-order chi connectivity index (χ0) is 9.42. The Hall–Kier alpha value is -0.820. The van der Waals surface area contributed by atoms with Gasteiger partial charge >= 0.3 is 0 Å². The van der Waals surface area contributed by atoms with E-state index in [2.05, 4.69) is 32.0 Å². The van der Waals surface area contributed by atoms with Crippen molar-refractivity contribution in [2.24, 2.45) is 0 Å². The van der Waals surface area contributed by atoms with Crippen molar-refractivity contribution in [1.29, 1.82) is 0 Å². The number of aliphatic hydroxyl groups excluding tert-OH is 1. The first-order chi connectivity index (χ1) is 6.18. The van der Waals surface area contributed by atoms with Crippen LogP contribution in [0.15, 0.2) is 18.2 Å². The fraction of sp³-hybridized carbons (Fsp3) is 0.500. The number of benzene rings is 1. The van der Waals surface area contributed by atoms with E-state index >= 15 is 0 Å². The average Bonchev–Trinajstić information content (AvgIpc) is 2.07. The van der Waals surface area contributed by atoms with Crippen molar-refractivity contribution in [3.05, 3.63) is 34.9 Å². The van der Waals surface area contributed by atoms with Gasteiger partial charge in [-0.2, -0.15) is 0 Å². The first kappa shape index (κ1) is 8.76. The zero-order valence-electron chi connectivity index (χ0n) is 8.25. The lowest BCUT2D eigenvalue weighted by molar-refractivity contribution is 0.0658. The summed E-state index contributed by atoms with van der Waals surface area (Å²) in [5.74, 6) is 0.403. The van der Waals surface area contributed by atoms with Crippen molar-refractivity contribution in [3.8, 4) is 0 Å². The predicted octanol–water partition coefficient (Wildman–Crippen LogP) is 2.54. The summed E-state index contributed by atoms with van der Waals surface area (Å²) in [6.07, 6.45) is 2.02. The molecular weight excluding hydrogens is 160 g/mol. The number of aliphatic hydroxyl groups is 1. The summed E-state index contributed by atoms with van der Waals surface area (Å²) in [6, 6.07) is 6.49. The third-order valence-corrected chi connectivity index (χ3v) is 3.06. The molecule has 1 aromatic carbocycles. The SMILES string of the molecule is Cc1ccc(C2CCC2O)c(C)c1. The van der Waals surface area contributed by atoms with E-state index in [0.29, 0.717) is 5.92 Å². The number of rotatable bonds is 1. The highest BCUT2D eigenvalue weighted by atomic mass is 16.3. The molecule has 13 heavy (non-hydrogen) atoms. The van der Waals surface area contributed by atoms with E-state index in [4.69, 9.17) is 0 Å². The van der Waals surface area contributed by atoms with Crippen LogP contribution in [0.2, 0.25) is 0 Å². The van der Waals surface area contributed by atoms with Gasteiger partial charge in [0.25, 0.3) is 0 Å². The van der Waals surface area contributed by atoms with E-state index in [1.54, 1.807) is 0 Å². The Labute approximate surface area is 79.4 Å².